The third-order valence-corrected chi connectivity index (χ3v) is 7.90. The largest absolute Gasteiger partial charge is 0.504 e. The number of ether oxygens (including phenoxy) is 1. The fourth-order valence-electron chi connectivity index (χ4n) is 3.43. The second kappa shape index (κ2) is 7.19. The van der Waals surface area contributed by atoms with Gasteiger partial charge in [-0.2, -0.15) is 0 Å². The minimum Gasteiger partial charge on any atom is -0.504 e. The van der Waals surface area contributed by atoms with E-state index in [1.165, 1.54) is 0 Å². The van der Waals surface area contributed by atoms with E-state index in [2.05, 4.69) is 0 Å². The van der Waals surface area contributed by atoms with Crippen LogP contribution in [0.25, 0.3) is 0 Å². The third-order valence-electron chi connectivity index (χ3n) is 5.15. The number of hydrogen-bond acceptors (Lipinski definition) is 10. The van der Waals surface area contributed by atoms with Gasteiger partial charge >= 0.3 is 12.1 Å². The van der Waals surface area contributed by atoms with Gasteiger partial charge in [0.05, 0.1) is 6.42 Å². The maximum absolute atomic E-state index is 12.7. The number of hydrazine groups is 1. The number of benzene rings is 1. The Hall–Kier alpha value is -3.75. The molecule has 3 atom stereocenters. The zero-order valence-corrected chi connectivity index (χ0v) is 16.5. The van der Waals surface area contributed by atoms with Gasteiger partial charge < -0.3 is 30.1 Å². The number of phenols is 3. The fraction of sp³-hybridized carbons (Fsp3) is 0.375. The second-order valence-electron chi connectivity index (χ2n) is 7.08. The minimum absolute atomic E-state index is 0.354. The lowest BCUT2D eigenvalue weighted by molar-refractivity contribution is -0.158. The van der Waals surface area contributed by atoms with E-state index in [1.54, 1.807) is 5.43 Å². The third kappa shape index (κ3) is 3.31. The maximum Gasteiger partial charge on any atom is 0.426 e. The summed E-state index contributed by atoms with van der Waals surface area (Å²) in [7, 11) is -4.19. The van der Waals surface area contributed by atoms with Gasteiger partial charge in [0.15, 0.2) is 33.1 Å². The summed E-state index contributed by atoms with van der Waals surface area (Å²) in [6.07, 6.45) is -1.71. The molecule has 0 aromatic heterocycles. The van der Waals surface area contributed by atoms with Crippen molar-refractivity contribution in [3.05, 3.63) is 17.7 Å². The van der Waals surface area contributed by atoms with Crippen molar-refractivity contribution < 1.29 is 52.8 Å². The Labute approximate surface area is 173 Å². The summed E-state index contributed by atoms with van der Waals surface area (Å²) in [4.78, 5) is 47.9. The number of β-lactam (4-membered cyclic amide) rings is 1. The molecule has 0 bridgehead atoms. The molecule has 0 spiro atoms. The molecule has 0 radical (unpaired) electrons. The Morgan fingerprint density at radius 1 is 1.19 bits per heavy atom. The molecule has 1 aromatic carbocycles. The van der Waals surface area contributed by atoms with E-state index in [1.807, 2.05) is 5.43 Å². The quantitative estimate of drug-likeness (QED) is 0.170. The van der Waals surface area contributed by atoms with Gasteiger partial charge in [0.1, 0.15) is 16.7 Å². The second-order valence-corrected chi connectivity index (χ2v) is 9.64. The van der Waals surface area contributed by atoms with Crippen LogP contribution >= 0.6 is 0 Å². The summed E-state index contributed by atoms with van der Waals surface area (Å²) in [6, 6.07) is -0.168. The van der Waals surface area contributed by atoms with Gasteiger partial charge in [0.2, 0.25) is 5.91 Å². The summed E-state index contributed by atoms with van der Waals surface area (Å²) in [5.74, 6) is -5.73. The molecule has 2 fully saturated rings. The lowest BCUT2D eigenvalue weighted by Gasteiger charge is -2.35. The standard InChI is InChI=1S/C16H17N3O11S/c1-16(12(14(25)26)19-9(22)4-10(19)31(16,28)29)5-30-15(27)18-17-13(24)6-2-7(20)11(23)8(21)3-6/h2-3,10,12,20-21,23H,4-5H2,1H3,(H,17,24)(H,18,27)(H,25,26)/t10-,12+,16+/m1/s1. The van der Waals surface area contributed by atoms with Crippen molar-refractivity contribution in [3.8, 4) is 17.2 Å². The molecule has 0 saturated carbocycles. The Morgan fingerprint density at radius 2 is 1.77 bits per heavy atom. The number of nitrogens with zero attached hydrogens (tertiary/aromatic N) is 1. The Kier molecular flexibility index (Phi) is 5.09. The fourth-order valence-corrected chi connectivity index (χ4v) is 5.70. The minimum atomic E-state index is -4.19. The van der Waals surface area contributed by atoms with Gasteiger partial charge in [0, 0.05) is 5.56 Å². The van der Waals surface area contributed by atoms with Crippen molar-refractivity contribution in [2.45, 2.75) is 29.5 Å². The number of amides is 3. The molecule has 2 aliphatic heterocycles. The topological polar surface area (TPSA) is 220 Å². The molecule has 3 rings (SSSR count). The Morgan fingerprint density at radius 3 is 2.29 bits per heavy atom. The van der Waals surface area contributed by atoms with Gasteiger partial charge in [0.25, 0.3) is 5.91 Å². The predicted octanol–water partition coefficient (Wildman–Crippen LogP) is -1.63. The van der Waals surface area contributed by atoms with Crippen LogP contribution in [0.3, 0.4) is 0 Å². The number of fused-ring (bicyclic) bond motifs is 1. The van der Waals surface area contributed by atoms with Gasteiger partial charge in [-0.3, -0.25) is 15.0 Å². The summed E-state index contributed by atoms with van der Waals surface area (Å²) in [5.41, 5.74) is 3.28. The SMILES string of the molecule is C[C@]1(COC(=O)NNC(=O)c2cc(O)c(O)c(O)c2)[C@H](C(=O)O)N2C(=O)C[C@H]2S1(=O)=O. The van der Waals surface area contributed by atoms with E-state index in [0.29, 0.717) is 0 Å². The number of carbonyl (C=O) groups is 4. The highest BCUT2D eigenvalue weighted by Gasteiger charge is 2.70. The smallest absolute Gasteiger partial charge is 0.426 e. The first-order valence-corrected chi connectivity index (χ1v) is 10.1. The van der Waals surface area contributed by atoms with E-state index in [-0.39, 0.29) is 12.0 Å². The lowest BCUT2D eigenvalue weighted by atomic mass is 9.97. The molecular formula is C16H17N3O11S. The van der Waals surface area contributed by atoms with Crippen LogP contribution in [0.5, 0.6) is 17.2 Å². The van der Waals surface area contributed by atoms with Gasteiger partial charge in [-0.25, -0.2) is 23.4 Å². The van der Waals surface area contributed by atoms with E-state index in [0.717, 1.165) is 24.0 Å². The van der Waals surface area contributed by atoms with E-state index in [4.69, 9.17) is 4.74 Å². The highest BCUT2D eigenvalue weighted by Crippen LogP contribution is 2.46. The van der Waals surface area contributed by atoms with Crippen molar-refractivity contribution >= 4 is 33.7 Å². The number of hydrogen-bond donors (Lipinski definition) is 6. The van der Waals surface area contributed by atoms with Gasteiger partial charge in [-0.15, -0.1) is 0 Å². The highest BCUT2D eigenvalue weighted by atomic mass is 32.2. The Balaban J connectivity index is 1.65. The summed E-state index contributed by atoms with van der Waals surface area (Å²) in [6.45, 7) is 0.121. The zero-order chi connectivity index (χ0) is 23.3. The first kappa shape index (κ1) is 21.9. The van der Waals surface area contributed by atoms with Gasteiger partial charge in [-0.1, -0.05) is 0 Å². The highest BCUT2D eigenvalue weighted by molar-refractivity contribution is 7.94. The molecule has 3 amide bonds. The molecule has 0 unspecified atom stereocenters. The molecule has 6 N–H and O–H groups in total. The molecule has 168 valence electrons. The summed E-state index contributed by atoms with van der Waals surface area (Å²) < 4.78 is 28.0. The maximum atomic E-state index is 12.7. The molecule has 15 heteroatoms. The number of carboxylic acid groups (broad SMARTS) is 1. The number of sulfone groups is 1. The van der Waals surface area contributed by atoms with Crippen molar-refractivity contribution in [1.29, 1.82) is 0 Å². The average molecular weight is 459 g/mol. The normalized spacial score (nSPS) is 25.8. The number of carbonyl (C=O) groups excluding carboxylic acids is 3. The van der Waals surface area contributed by atoms with Crippen molar-refractivity contribution in [1.82, 2.24) is 15.8 Å². The molecule has 2 heterocycles. The number of carboxylic acids is 1. The molecule has 2 saturated heterocycles. The van der Waals surface area contributed by atoms with E-state index in [9.17, 15) is 48.0 Å². The number of phenolic OH excluding ortho intramolecular Hbond substituents is 3. The zero-order valence-electron chi connectivity index (χ0n) is 15.7. The van der Waals surface area contributed by atoms with Crippen LogP contribution in [-0.4, -0.2) is 80.4 Å². The first-order chi connectivity index (χ1) is 14.3. The predicted molar refractivity (Wildman–Crippen MR) is 97.4 cm³/mol. The van der Waals surface area contributed by atoms with Crippen LogP contribution in [-0.2, 0) is 24.2 Å². The van der Waals surface area contributed by atoms with Crippen LogP contribution in [0.4, 0.5) is 4.79 Å². The van der Waals surface area contributed by atoms with Crippen molar-refractivity contribution in [3.63, 3.8) is 0 Å². The molecule has 14 nitrogen and oxygen atoms in total. The Bertz CT molecular complexity index is 1080. The van der Waals surface area contributed by atoms with Crippen LogP contribution in [0.15, 0.2) is 12.1 Å². The average Bonchev–Trinajstić information content (AvgIpc) is 2.83. The first-order valence-electron chi connectivity index (χ1n) is 8.56. The number of aliphatic carboxylic acids is 1. The van der Waals surface area contributed by atoms with Crippen LogP contribution in [0, 0.1) is 0 Å². The van der Waals surface area contributed by atoms with Crippen molar-refractivity contribution in [2.24, 2.45) is 0 Å². The number of rotatable bonds is 4. The lowest BCUT2D eigenvalue weighted by Crippen LogP contribution is -2.58. The van der Waals surface area contributed by atoms with Crippen molar-refractivity contribution in [2.75, 3.05) is 6.61 Å². The van der Waals surface area contributed by atoms with Gasteiger partial charge in [-0.05, 0) is 19.1 Å². The molecule has 0 aliphatic carbocycles. The monoisotopic (exact) mass is 459 g/mol. The summed E-state index contributed by atoms with van der Waals surface area (Å²) in [5, 5.41) is 36.1. The molecule has 2 aliphatic rings. The molecule has 31 heavy (non-hydrogen) atoms. The van der Waals surface area contributed by atoms with Crippen LogP contribution in [0.1, 0.15) is 23.7 Å². The van der Waals surface area contributed by atoms with Crippen LogP contribution < -0.4 is 10.9 Å². The molecular weight excluding hydrogens is 442 g/mol. The number of aromatic hydroxyl groups is 3. The molecule has 1 aromatic rings. The van der Waals surface area contributed by atoms with E-state index >= 15 is 0 Å². The number of nitrogens with one attached hydrogen (secondary N) is 2. The van der Waals surface area contributed by atoms with Crippen LogP contribution in [0.2, 0.25) is 0 Å². The summed E-state index contributed by atoms with van der Waals surface area (Å²) >= 11 is 0. The van der Waals surface area contributed by atoms with E-state index < -0.39 is 73.7 Å².